The first kappa shape index (κ1) is 19.2. The monoisotopic (exact) mass is 367 g/mol. The number of hydrogen-bond acceptors (Lipinski definition) is 4. The molecule has 0 bridgehead atoms. The molecular weight excluding hydrogens is 338 g/mol. The highest BCUT2D eigenvalue weighted by atomic mass is 16.2. The van der Waals surface area contributed by atoms with E-state index in [1.165, 1.54) is 0 Å². The minimum atomic E-state index is -0.268. The molecule has 6 nitrogen and oxygen atoms in total. The Morgan fingerprint density at radius 3 is 2.22 bits per heavy atom. The van der Waals surface area contributed by atoms with Crippen LogP contribution in [0.3, 0.4) is 0 Å². The van der Waals surface area contributed by atoms with Crippen molar-refractivity contribution in [1.82, 2.24) is 9.88 Å². The van der Waals surface area contributed by atoms with Crippen molar-refractivity contribution in [2.24, 2.45) is 5.92 Å². The van der Waals surface area contributed by atoms with Crippen molar-refractivity contribution in [2.75, 3.05) is 48.3 Å². The maximum atomic E-state index is 12.1. The molecule has 0 atom stereocenters. The van der Waals surface area contributed by atoms with Crippen molar-refractivity contribution in [3.63, 3.8) is 0 Å². The van der Waals surface area contributed by atoms with Gasteiger partial charge in [0.15, 0.2) is 0 Å². The van der Waals surface area contributed by atoms with E-state index in [0.717, 1.165) is 49.8 Å². The van der Waals surface area contributed by atoms with Crippen LogP contribution in [0.2, 0.25) is 0 Å². The number of hydrogen-bond donors (Lipinski definition) is 2. The molecule has 1 aromatic heterocycles. The average Bonchev–Trinajstić information content (AvgIpc) is 2.64. The fraction of sp³-hybridized carbons (Fsp3) is 0.429. The van der Waals surface area contributed by atoms with Crippen molar-refractivity contribution in [1.29, 1.82) is 0 Å². The molecule has 0 saturated carbocycles. The van der Waals surface area contributed by atoms with Crippen LogP contribution in [0.25, 0.3) is 0 Å². The Hall–Kier alpha value is -2.60. The Labute approximate surface area is 161 Å². The Kier molecular flexibility index (Phi) is 6.29. The lowest BCUT2D eigenvalue weighted by Crippen LogP contribution is -2.47. The van der Waals surface area contributed by atoms with E-state index in [9.17, 15) is 4.79 Å². The second-order valence-electron chi connectivity index (χ2n) is 7.53. The molecule has 1 aliphatic rings. The van der Waals surface area contributed by atoms with Gasteiger partial charge in [0.1, 0.15) is 5.82 Å². The number of pyridine rings is 1. The van der Waals surface area contributed by atoms with Gasteiger partial charge < -0.3 is 15.5 Å². The lowest BCUT2D eigenvalue weighted by atomic mass is 10.2. The number of aryl methyl sites for hydroxylation is 1. The molecule has 1 aromatic carbocycles. The van der Waals surface area contributed by atoms with Gasteiger partial charge in [-0.15, -0.1) is 0 Å². The van der Waals surface area contributed by atoms with Gasteiger partial charge in [0, 0.05) is 38.4 Å². The van der Waals surface area contributed by atoms with Crippen LogP contribution in [0, 0.1) is 12.8 Å². The summed E-state index contributed by atoms with van der Waals surface area (Å²) in [4.78, 5) is 21.4. The molecule has 3 rings (SSSR count). The summed E-state index contributed by atoms with van der Waals surface area (Å²) in [6, 6.07) is 11.3. The van der Waals surface area contributed by atoms with Gasteiger partial charge in [0.05, 0.1) is 11.9 Å². The molecule has 0 spiro atoms. The van der Waals surface area contributed by atoms with E-state index in [1.54, 1.807) is 6.20 Å². The van der Waals surface area contributed by atoms with Crippen molar-refractivity contribution in [3.8, 4) is 0 Å². The van der Waals surface area contributed by atoms with E-state index in [2.05, 4.69) is 39.3 Å². The minimum Gasteiger partial charge on any atom is -0.354 e. The standard InChI is InChI=1S/C21H29N5O/c1-16(2)15-25-10-12-26(13-11-25)20-9-8-19(14-22-20)24-21(27)23-18-6-4-17(3)5-7-18/h4-9,14,16H,10-13,15H2,1-3H3,(H2,23,24,27). The van der Waals surface area contributed by atoms with E-state index in [4.69, 9.17) is 0 Å². The first-order valence-corrected chi connectivity index (χ1v) is 9.57. The molecule has 0 aliphatic carbocycles. The molecule has 2 heterocycles. The highest BCUT2D eigenvalue weighted by molar-refractivity contribution is 5.99. The van der Waals surface area contributed by atoms with Crippen LogP contribution in [-0.4, -0.2) is 48.6 Å². The minimum absolute atomic E-state index is 0.268. The Morgan fingerprint density at radius 2 is 1.63 bits per heavy atom. The molecule has 6 heteroatoms. The van der Waals surface area contributed by atoms with Gasteiger partial charge in [-0.2, -0.15) is 0 Å². The molecule has 0 radical (unpaired) electrons. The third kappa shape index (κ3) is 5.69. The zero-order valence-corrected chi connectivity index (χ0v) is 16.4. The van der Waals surface area contributed by atoms with Crippen molar-refractivity contribution in [3.05, 3.63) is 48.2 Å². The molecule has 27 heavy (non-hydrogen) atoms. The number of nitrogens with zero attached hydrogens (tertiary/aromatic N) is 3. The summed E-state index contributed by atoms with van der Waals surface area (Å²) < 4.78 is 0. The van der Waals surface area contributed by atoms with Crippen molar-refractivity contribution < 1.29 is 4.79 Å². The van der Waals surface area contributed by atoms with Gasteiger partial charge in [-0.25, -0.2) is 9.78 Å². The van der Waals surface area contributed by atoms with Crippen LogP contribution in [-0.2, 0) is 0 Å². The summed E-state index contributed by atoms with van der Waals surface area (Å²) in [5.74, 6) is 1.66. The van der Waals surface area contributed by atoms with Crippen LogP contribution in [0.15, 0.2) is 42.6 Å². The summed E-state index contributed by atoms with van der Waals surface area (Å²) in [5.41, 5.74) is 2.61. The van der Waals surface area contributed by atoms with E-state index >= 15 is 0 Å². The van der Waals surface area contributed by atoms with E-state index < -0.39 is 0 Å². The Morgan fingerprint density at radius 1 is 1.00 bits per heavy atom. The zero-order valence-electron chi connectivity index (χ0n) is 16.4. The maximum absolute atomic E-state index is 12.1. The molecule has 1 fully saturated rings. The second kappa shape index (κ2) is 8.86. The van der Waals surface area contributed by atoms with E-state index in [1.807, 2.05) is 43.3 Å². The fourth-order valence-corrected chi connectivity index (χ4v) is 3.25. The van der Waals surface area contributed by atoms with Gasteiger partial charge >= 0.3 is 6.03 Å². The van der Waals surface area contributed by atoms with Gasteiger partial charge in [0.25, 0.3) is 0 Å². The summed E-state index contributed by atoms with van der Waals surface area (Å²) in [6.07, 6.45) is 1.71. The zero-order chi connectivity index (χ0) is 19.2. The normalized spacial score (nSPS) is 15.0. The molecule has 2 amide bonds. The molecule has 1 aliphatic heterocycles. The molecule has 144 valence electrons. The topological polar surface area (TPSA) is 60.5 Å². The molecular formula is C21H29N5O. The largest absolute Gasteiger partial charge is 0.354 e. The highest BCUT2D eigenvalue weighted by Crippen LogP contribution is 2.17. The Balaban J connectivity index is 1.50. The quantitative estimate of drug-likeness (QED) is 0.844. The van der Waals surface area contributed by atoms with Crippen LogP contribution in [0.4, 0.5) is 22.0 Å². The molecule has 1 saturated heterocycles. The number of carbonyl (C=O) groups is 1. The van der Waals surface area contributed by atoms with Gasteiger partial charge in [-0.3, -0.25) is 4.90 Å². The number of nitrogens with one attached hydrogen (secondary N) is 2. The smallest absolute Gasteiger partial charge is 0.323 e. The van der Waals surface area contributed by atoms with Crippen LogP contribution in [0.1, 0.15) is 19.4 Å². The summed E-state index contributed by atoms with van der Waals surface area (Å²) in [5, 5.41) is 5.65. The molecule has 0 unspecified atom stereocenters. The fourth-order valence-electron chi connectivity index (χ4n) is 3.25. The van der Waals surface area contributed by atoms with Crippen LogP contribution < -0.4 is 15.5 Å². The molecule has 2 aromatic rings. The van der Waals surface area contributed by atoms with Gasteiger partial charge in [-0.1, -0.05) is 31.5 Å². The predicted octanol–water partition coefficient (Wildman–Crippen LogP) is 3.81. The average molecular weight is 367 g/mol. The third-order valence-electron chi connectivity index (χ3n) is 4.63. The number of carbonyl (C=O) groups excluding carboxylic acids is 1. The third-order valence-corrected chi connectivity index (χ3v) is 4.63. The summed E-state index contributed by atoms with van der Waals surface area (Å²) in [6.45, 7) is 11.8. The van der Waals surface area contributed by atoms with E-state index in [0.29, 0.717) is 11.6 Å². The SMILES string of the molecule is Cc1ccc(NC(=O)Nc2ccc(N3CCN(CC(C)C)CC3)nc2)cc1. The van der Waals surface area contributed by atoms with Crippen molar-refractivity contribution in [2.45, 2.75) is 20.8 Å². The number of anilines is 3. The first-order valence-electron chi connectivity index (χ1n) is 9.57. The van der Waals surface area contributed by atoms with Crippen LogP contribution >= 0.6 is 0 Å². The lowest BCUT2D eigenvalue weighted by molar-refractivity contribution is 0.231. The number of rotatable bonds is 5. The lowest BCUT2D eigenvalue weighted by Gasteiger charge is -2.36. The van der Waals surface area contributed by atoms with E-state index in [-0.39, 0.29) is 6.03 Å². The number of urea groups is 1. The highest BCUT2D eigenvalue weighted by Gasteiger charge is 2.18. The summed E-state index contributed by atoms with van der Waals surface area (Å²) in [7, 11) is 0. The maximum Gasteiger partial charge on any atom is 0.323 e. The first-order chi connectivity index (χ1) is 13.0. The number of piperazine rings is 1. The van der Waals surface area contributed by atoms with Crippen molar-refractivity contribution >= 4 is 23.2 Å². The predicted molar refractivity (Wildman–Crippen MR) is 112 cm³/mol. The number of aromatic nitrogens is 1. The second-order valence-corrected chi connectivity index (χ2v) is 7.53. The van der Waals surface area contributed by atoms with Crippen LogP contribution in [0.5, 0.6) is 0 Å². The number of benzene rings is 1. The van der Waals surface area contributed by atoms with Gasteiger partial charge in [-0.05, 0) is 37.1 Å². The van der Waals surface area contributed by atoms with Gasteiger partial charge in [0.2, 0.25) is 0 Å². The molecule has 2 N–H and O–H groups in total. The number of amides is 2. The Bertz CT molecular complexity index is 734. The summed E-state index contributed by atoms with van der Waals surface area (Å²) >= 11 is 0.